The van der Waals surface area contributed by atoms with Gasteiger partial charge >= 0.3 is 0 Å². The number of amides is 1. The number of ether oxygens (including phenoxy) is 2. The lowest BCUT2D eigenvalue weighted by Crippen LogP contribution is -2.41. The fraction of sp³-hybridized carbons (Fsp3) is 0.500. The Morgan fingerprint density at radius 1 is 1.44 bits per heavy atom. The molecule has 0 unspecified atom stereocenters. The predicted molar refractivity (Wildman–Crippen MR) is 55.3 cm³/mol. The largest absolute Gasteiger partial charge is 0.480 e. The molecule has 1 saturated heterocycles. The van der Waals surface area contributed by atoms with E-state index >= 15 is 0 Å². The Morgan fingerprint density at radius 3 is 2.88 bits per heavy atom. The fourth-order valence-corrected chi connectivity index (χ4v) is 1.48. The van der Waals surface area contributed by atoms with Gasteiger partial charge in [-0.2, -0.15) is 0 Å². The van der Waals surface area contributed by atoms with Gasteiger partial charge in [-0.25, -0.2) is 4.98 Å². The summed E-state index contributed by atoms with van der Waals surface area (Å²) < 4.78 is 10.1. The number of morpholine rings is 1. The van der Waals surface area contributed by atoms with Crippen LogP contribution in [0.2, 0.25) is 0 Å². The lowest BCUT2D eigenvalue weighted by molar-refractivity contribution is 0.0298. The summed E-state index contributed by atoms with van der Waals surface area (Å²) in [5.41, 5.74) is 0.307. The Kier molecular flexibility index (Phi) is 3.31. The zero-order chi connectivity index (χ0) is 11.4. The average Bonchev–Trinajstić information content (AvgIpc) is 2.39. The molecule has 1 aliphatic rings. The first-order valence-corrected chi connectivity index (χ1v) is 5.04. The number of rotatable bonds is 2. The molecule has 1 aliphatic heterocycles. The SMILES string of the molecule is COc1cncc(C(=O)N2CCOCC2)n1. The third-order valence-corrected chi connectivity index (χ3v) is 2.34. The number of carbonyl (C=O) groups is 1. The minimum absolute atomic E-state index is 0.130. The van der Waals surface area contributed by atoms with Crippen molar-refractivity contribution in [3.63, 3.8) is 0 Å². The summed E-state index contributed by atoms with van der Waals surface area (Å²) in [6, 6.07) is 0. The molecule has 86 valence electrons. The molecule has 0 aromatic carbocycles. The van der Waals surface area contributed by atoms with Crippen LogP contribution in [0.3, 0.4) is 0 Å². The summed E-state index contributed by atoms with van der Waals surface area (Å²) in [7, 11) is 1.49. The van der Waals surface area contributed by atoms with Crippen LogP contribution >= 0.6 is 0 Å². The van der Waals surface area contributed by atoms with Crippen LogP contribution in [0.25, 0.3) is 0 Å². The first kappa shape index (κ1) is 10.8. The molecule has 6 nitrogen and oxygen atoms in total. The number of methoxy groups -OCH3 is 1. The normalized spacial score (nSPS) is 15.9. The Labute approximate surface area is 93.2 Å². The third-order valence-electron chi connectivity index (χ3n) is 2.34. The zero-order valence-corrected chi connectivity index (χ0v) is 9.05. The van der Waals surface area contributed by atoms with E-state index in [9.17, 15) is 4.79 Å². The quantitative estimate of drug-likeness (QED) is 0.703. The molecule has 6 heteroatoms. The maximum atomic E-state index is 12.0. The second-order valence-corrected chi connectivity index (χ2v) is 3.35. The first-order chi connectivity index (χ1) is 7.81. The van der Waals surface area contributed by atoms with E-state index < -0.39 is 0 Å². The lowest BCUT2D eigenvalue weighted by atomic mass is 10.3. The van der Waals surface area contributed by atoms with Crippen LogP contribution in [-0.4, -0.2) is 54.2 Å². The van der Waals surface area contributed by atoms with Crippen molar-refractivity contribution >= 4 is 5.91 Å². The molecular weight excluding hydrogens is 210 g/mol. The van der Waals surface area contributed by atoms with E-state index in [0.29, 0.717) is 37.9 Å². The molecular formula is C10H13N3O3. The molecule has 2 heterocycles. The van der Waals surface area contributed by atoms with Gasteiger partial charge < -0.3 is 14.4 Å². The highest BCUT2D eigenvalue weighted by Crippen LogP contribution is 2.08. The molecule has 0 radical (unpaired) electrons. The smallest absolute Gasteiger partial charge is 0.274 e. The van der Waals surface area contributed by atoms with Crippen molar-refractivity contribution < 1.29 is 14.3 Å². The van der Waals surface area contributed by atoms with E-state index in [1.165, 1.54) is 19.5 Å². The summed E-state index contributed by atoms with van der Waals surface area (Å²) >= 11 is 0. The monoisotopic (exact) mass is 223 g/mol. The van der Waals surface area contributed by atoms with Crippen molar-refractivity contribution in [2.75, 3.05) is 33.4 Å². The van der Waals surface area contributed by atoms with Crippen molar-refractivity contribution in [3.05, 3.63) is 18.1 Å². The second kappa shape index (κ2) is 4.89. The first-order valence-electron chi connectivity index (χ1n) is 5.04. The summed E-state index contributed by atoms with van der Waals surface area (Å²) in [4.78, 5) is 21.6. The van der Waals surface area contributed by atoms with Crippen LogP contribution < -0.4 is 4.74 Å². The van der Waals surface area contributed by atoms with E-state index in [0.717, 1.165) is 0 Å². The van der Waals surface area contributed by atoms with E-state index in [-0.39, 0.29) is 5.91 Å². The second-order valence-electron chi connectivity index (χ2n) is 3.35. The maximum Gasteiger partial charge on any atom is 0.274 e. The van der Waals surface area contributed by atoms with Gasteiger partial charge in [0.05, 0.1) is 32.7 Å². The molecule has 0 atom stereocenters. The molecule has 0 bridgehead atoms. The Morgan fingerprint density at radius 2 is 2.19 bits per heavy atom. The van der Waals surface area contributed by atoms with Gasteiger partial charge in [-0.15, -0.1) is 0 Å². The van der Waals surface area contributed by atoms with Crippen LogP contribution in [0.4, 0.5) is 0 Å². The minimum Gasteiger partial charge on any atom is -0.480 e. The van der Waals surface area contributed by atoms with E-state index in [2.05, 4.69) is 9.97 Å². The maximum absolute atomic E-state index is 12.0. The topological polar surface area (TPSA) is 64.5 Å². The average molecular weight is 223 g/mol. The summed E-state index contributed by atoms with van der Waals surface area (Å²) in [6.07, 6.45) is 2.91. The van der Waals surface area contributed by atoms with Gasteiger partial charge in [0.15, 0.2) is 5.69 Å². The van der Waals surface area contributed by atoms with Gasteiger partial charge in [0.1, 0.15) is 0 Å². The Hall–Kier alpha value is -1.69. The standard InChI is InChI=1S/C10H13N3O3/c1-15-9-7-11-6-8(12-9)10(14)13-2-4-16-5-3-13/h6-7H,2-5H2,1H3. The van der Waals surface area contributed by atoms with Crippen LogP contribution in [0.15, 0.2) is 12.4 Å². The highest BCUT2D eigenvalue weighted by atomic mass is 16.5. The van der Waals surface area contributed by atoms with Crippen LogP contribution in [0, 0.1) is 0 Å². The van der Waals surface area contributed by atoms with Gasteiger partial charge in [0, 0.05) is 13.1 Å². The predicted octanol–water partition coefficient (Wildman–Crippen LogP) is -0.0424. The number of hydrogen-bond acceptors (Lipinski definition) is 5. The molecule has 1 aromatic heterocycles. The molecule has 0 N–H and O–H groups in total. The van der Waals surface area contributed by atoms with Gasteiger partial charge in [-0.3, -0.25) is 9.78 Å². The number of hydrogen-bond donors (Lipinski definition) is 0. The molecule has 0 spiro atoms. The van der Waals surface area contributed by atoms with E-state index in [4.69, 9.17) is 9.47 Å². The van der Waals surface area contributed by atoms with E-state index in [1.807, 2.05) is 0 Å². The van der Waals surface area contributed by atoms with Gasteiger partial charge in [0.2, 0.25) is 5.88 Å². The molecule has 0 aliphatic carbocycles. The van der Waals surface area contributed by atoms with Crippen LogP contribution in [-0.2, 0) is 4.74 Å². The molecule has 16 heavy (non-hydrogen) atoms. The number of nitrogens with zero attached hydrogens (tertiary/aromatic N) is 3. The lowest BCUT2D eigenvalue weighted by Gasteiger charge is -2.26. The highest BCUT2D eigenvalue weighted by Gasteiger charge is 2.20. The fourth-order valence-electron chi connectivity index (χ4n) is 1.48. The minimum atomic E-state index is -0.130. The Bertz CT molecular complexity index is 377. The van der Waals surface area contributed by atoms with Crippen LogP contribution in [0.1, 0.15) is 10.5 Å². The summed E-state index contributed by atoms with van der Waals surface area (Å²) in [6.45, 7) is 2.34. The Balaban J connectivity index is 2.12. The van der Waals surface area contributed by atoms with Crippen molar-refractivity contribution in [2.45, 2.75) is 0 Å². The van der Waals surface area contributed by atoms with Gasteiger partial charge in [-0.05, 0) is 0 Å². The van der Waals surface area contributed by atoms with Crippen molar-refractivity contribution in [1.29, 1.82) is 0 Å². The summed E-state index contributed by atoms with van der Waals surface area (Å²) in [5, 5.41) is 0. The van der Waals surface area contributed by atoms with Gasteiger partial charge in [-0.1, -0.05) is 0 Å². The van der Waals surface area contributed by atoms with Crippen molar-refractivity contribution in [1.82, 2.24) is 14.9 Å². The highest BCUT2D eigenvalue weighted by molar-refractivity contribution is 5.92. The van der Waals surface area contributed by atoms with Crippen LogP contribution in [0.5, 0.6) is 5.88 Å². The molecule has 2 rings (SSSR count). The number of aromatic nitrogens is 2. The molecule has 1 aromatic rings. The van der Waals surface area contributed by atoms with Crippen molar-refractivity contribution in [2.24, 2.45) is 0 Å². The van der Waals surface area contributed by atoms with Crippen molar-refractivity contribution in [3.8, 4) is 5.88 Å². The molecule has 1 amide bonds. The zero-order valence-electron chi connectivity index (χ0n) is 9.05. The van der Waals surface area contributed by atoms with E-state index in [1.54, 1.807) is 4.90 Å². The third kappa shape index (κ3) is 2.27. The van der Waals surface area contributed by atoms with Gasteiger partial charge in [0.25, 0.3) is 5.91 Å². The molecule has 0 saturated carbocycles. The summed E-state index contributed by atoms with van der Waals surface area (Å²) in [5.74, 6) is 0.216. The number of carbonyl (C=O) groups excluding carboxylic acids is 1. The molecule has 1 fully saturated rings.